The Morgan fingerprint density at radius 3 is 2.88 bits per heavy atom. The quantitative estimate of drug-likeness (QED) is 0.669. The average Bonchev–Trinajstić information content (AvgIpc) is 2.28. The van der Waals surface area contributed by atoms with Gasteiger partial charge < -0.3 is 15.8 Å². The predicted octanol–water partition coefficient (Wildman–Crippen LogP) is 0.413. The second-order valence-electron chi connectivity index (χ2n) is 3.73. The first-order valence-corrected chi connectivity index (χ1v) is 6.61. The van der Waals surface area contributed by atoms with Crippen molar-refractivity contribution in [1.82, 2.24) is 0 Å². The zero-order valence-electron chi connectivity index (χ0n) is 9.62. The molecule has 1 aromatic carbocycles. The van der Waals surface area contributed by atoms with Gasteiger partial charge in [-0.25, -0.2) is 0 Å². The maximum absolute atomic E-state index is 5.64. The number of hydrogen-bond donors (Lipinski definition) is 2. The number of unbranched alkanes of at least 4 members (excludes halogenated alkanes) is 1. The average molecular weight is 289 g/mol. The van der Waals surface area contributed by atoms with Crippen molar-refractivity contribution in [1.29, 1.82) is 0 Å². The van der Waals surface area contributed by atoms with Crippen molar-refractivity contribution in [2.24, 2.45) is 0 Å². The first-order valence-electron chi connectivity index (χ1n) is 5.82. The lowest BCUT2D eigenvalue weighted by molar-refractivity contribution is -0.670. The molecule has 0 unspecified atom stereocenters. The van der Waals surface area contributed by atoms with Gasteiger partial charge in [0.25, 0.3) is 0 Å². The normalized spacial score (nSPS) is 10.4. The molecule has 1 rings (SSSR count). The van der Waals surface area contributed by atoms with Gasteiger partial charge in [0.15, 0.2) is 0 Å². The highest BCUT2D eigenvalue weighted by molar-refractivity contribution is 9.10. The van der Waals surface area contributed by atoms with Crippen molar-refractivity contribution in [3.8, 4) is 5.75 Å². The number of benzene rings is 1. The zero-order chi connectivity index (χ0) is 11.6. The third-order valence-corrected chi connectivity index (χ3v) is 2.77. The van der Waals surface area contributed by atoms with Gasteiger partial charge in [-0.15, -0.1) is 0 Å². The molecule has 3 nitrogen and oxygen atoms in total. The lowest BCUT2D eigenvalue weighted by Gasteiger charge is -2.05. The topological polar surface area (TPSA) is 53.5 Å². The SMILES string of the molecule is [NH3+]CC[NH2+]CCCCOc1cccc(Br)c1. The molecular formula is C12H21BrN2O+2. The van der Waals surface area contributed by atoms with Crippen LogP contribution in [0.4, 0.5) is 0 Å². The molecule has 1 aromatic rings. The highest BCUT2D eigenvalue weighted by Gasteiger charge is 1.95. The summed E-state index contributed by atoms with van der Waals surface area (Å²) in [6, 6.07) is 7.97. The van der Waals surface area contributed by atoms with Gasteiger partial charge in [0, 0.05) is 4.47 Å². The van der Waals surface area contributed by atoms with Crippen LogP contribution in [0.2, 0.25) is 0 Å². The Morgan fingerprint density at radius 1 is 1.25 bits per heavy atom. The maximum atomic E-state index is 5.64. The molecular weight excluding hydrogens is 268 g/mol. The first-order chi connectivity index (χ1) is 7.83. The van der Waals surface area contributed by atoms with Gasteiger partial charge in [0.05, 0.1) is 13.2 Å². The standard InChI is InChI=1S/C12H19BrN2O/c13-11-4-3-5-12(10-11)16-9-2-1-7-15-8-6-14/h3-5,10,15H,1-2,6-9,14H2/p+2. The van der Waals surface area contributed by atoms with Crippen molar-refractivity contribution in [3.63, 3.8) is 0 Å². The van der Waals surface area contributed by atoms with Crippen LogP contribution in [0.25, 0.3) is 0 Å². The van der Waals surface area contributed by atoms with Gasteiger partial charge in [-0.1, -0.05) is 22.0 Å². The van der Waals surface area contributed by atoms with Crippen LogP contribution < -0.4 is 15.8 Å². The zero-order valence-corrected chi connectivity index (χ0v) is 11.2. The number of rotatable bonds is 8. The van der Waals surface area contributed by atoms with Gasteiger partial charge in [0.2, 0.25) is 0 Å². The Kier molecular flexibility index (Phi) is 7.21. The summed E-state index contributed by atoms with van der Waals surface area (Å²) < 4.78 is 6.70. The molecule has 0 aliphatic carbocycles. The van der Waals surface area contributed by atoms with E-state index in [4.69, 9.17) is 4.74 Å². The van der Waals surface area contributed by atoms with Crippen molar-refractivity contribution >= 4 is 15.9 Å². The van der Waals surface area contributed by atoms with Crippen LogP contribution in [-0.4, -0.2) is 26.2 Å². The molecule has 0 amide bonds. The fourth-order valence-corrected chi connectivity index (χ4v) is 1.80. The van der Waals surface area contributed by atoms with E-state index in [9.17, 15) is 0 Å². The number of halogens is 1. The smallest absolute Gasteiger partial charge is 0.125 e. The summed E-state index contributed by atoms with van der Waals surface area (Å²) >= 11 is 3.42. The number of hydrogen-bond acceptors (Lipinski definition) is 1. The molecule has 16 heavy (non-hydrogen) atoms. The van der Waals surface area contributed by atoms with Crippen LogP contribution in [0, 0.1) is 0 Å². The van der Waals surface area contributed by atoms with Crippen molar-refractivity contribution in [2.75, 3.05) is 26.2 Å². The molecule has 0 aromatic heterocycles. The molecule has 5 N–H and O–H groups in total. The van der Waals surface area contributed by atoms with E-state index in [1.807, 2.05) is 24.3 Å². The third-order valence-electron chi connectivity index (χ3n) is 2.28. The molecule has 0 atom stereocenters. The first kappa shape index (κ1) is 13.5. The predicted molar refractivity (Wildman–Crippen MR) is 68.3 cm³/mol. The van der Waals surface area contributed by atoms with Crippen LogP contribution in [0.15, 0.2) is 28.7 Å². The summed E-state index contributed by atoms with van der Waals surface area (Å²) in [6.45, 7) is 4.12. The van der Waals surface area contributed by atoms with Crippen LogP contribution in [0.3, 0.4) is 0 Å². The van der Waals surface area contributed by atoms with Gasteiger partial charge in [-0.05, 0) is 31.0 Å². The lowest BCUT2D eigenvalue weighted by atomic mass is 10.3. The molecule has 0 spiro atoms. The number of quaternary nitrogens is 2. The number of nitrogens with two attached hydrogens (primary N) is 1. The second-order valence-corrected chi connectivity index (χ2v) is 4.65. The highest BCUT2D eigenvalue weighted by atomic mass is 79.9. The Bertz CT molecular complexity index is 294. The van der Waals surface area contributed by atoms with E-state index in [-0.39, 0.29) is 0 Å². The van der Waals surface area contributed by atoms with E-state index in [0.717, 1.165) is 36.3 Å². The molecule has 0 saturated heterocycles. The molecule has 0 heterocycles. The minimum absolute atomic E-state index is 0.800. The Labute approximate surface area is 105 Å². The maximum Gasteiger partial charge on any atom is 0.125 e. The fraction of sp³-hybridized carbons (Fsp3) is 0.500. The summed E-state index contributed by atoms with van der Waals surface area (Å²) in [4.78, 5) is 0. The van der Waals surface area contributed by atoms with E-state index in [1.165, 1.54) is 13.0 Å². The minimum Gasteiger partial charge on any atom is -0.494 e. The van der Waals surface area contributed by atoms with E-state index in [0.29, 0.717) is 0 Å². The van der Waals surface area contributed by atoms with Crippen LogP contribution in [-0.2, 0) is 0 Å². The Morgan fingerprint density at radius 2 is 2.12 bits per heavy atom. The van der Waals surface area contributed by atoms with Crippen LogP contribution >= 0.6 is 15.9 Å². The molecule has 0 fully saturated rings. The summed E-state index contributed by atoms with van der Waals surface area (Å²) in [5.74, 6) is 0.941. The molecule has 90 valence electrons. The largest absolute Gasteiger partial charge is 0.494 e. The van der Waals surface area contributed by atoms with Crippen molar-refractivity contribution in [3.05, 3.63) is 28.7 Å². The lowest BCUT2D eigenvalue weighted by Crippen LogP contribution is -2.88. The highest BCUT2D eigenvalue weighted by Crippen LogP contribution is 2.17. The molecule has 0 saturated carbocycles. The summed E-state index contributed by atoms with van der Waals surface area (Å²) in [5.41, 5.74) is 3.81. The van der Waals surface area contributed by atoms with Crippen molar-refractivity contribution in [2.45, 2.75) is 12.8 Å². The summed E-state index contributed by atoms with van der Waals surface area (Å²) in [7, 11) is 0. The third kappa shape index (κ3) is 6.10. The summed E-state index contributed by atoms with van der Waals surface area (Å²) in [5, 5.41) is 2.31. The summed E-state index contributed by atoms with van der Waals surface area (Å²) in [6.07, 6.45) is 2.31. The fourth-order valence-electron chi connectivity index (χ4n) is 1.43. The van der Waals surface area contributed by atoms with E-state index in [1.54, 1.807) is 0 Å². The van der Waals surface area contributed by atoms with E-state index < -0.39 is 0 Å². The van der Waals surface area contributed by atoms with E-state index in [2.05, 4.69) is 27.0 Å². The van der Waals surface area contributed by atoms with Gasteiger partial charge in [-0.3, -0.25) is 0 Å². The second kappa shape index (κ2) is 8.56. The monoisotopic (exact) mass is 288 g/mol. The number of ether oxygens (including phenoxy) is 1. The van der Waals surface area contributed by atoms with Gasteiger partial charge in [-0.2, -0.15) is 0 Å². The van der Waals surface area contributed by atoms with Gasteiger partial charge in [0.1, 0.15) is 18.8 Å². The van der Waals surface area contributed by atoms with Gasteiger partial charge >= 0.3 is 0 Å². The van der Waals surface area contributed by atoms with Crippen LogP contribution in [0.1, 0.15) is 12.8 Å². The molecule has 0 aliphatic rings. The molecule has 4 heteroatoms. The van der Waals surface area contributed by atoms with Crippen molar-refractivity contribution < 1.29 is 15.8 Å². The van der Waals surface area contributed by atoms with Crippen LogP contribution in [0.5, 0.6) is 5.75 Å². The van der Waals surface area contributed by atoms with E-state index >= 15 is 0 Å². The molecule has 0 bridgehead atoms. The Hall–Kier alpha value is -0.580. The Balaban J connectivity index is 2.03. The molecule has 0 aliphatic heterocycles. The molecule has 0 radical (unpaired) electrons. The minimum atomic E-state index is 0.800.